The van der Waals surface area contributed by atoms with Crippen LogP contribution in [-0.4, -0.2) is 61.7 Å². The molecule has 8 nitrogen and oxygen atoms in total. The first-order valence-corrected chi connectivity index (χ1v) is 10.9. The van der Waals surface area contributed by atoms with Crippen LogP contribution in [0.3, 0.4) is 0 Å². The number of aromatic nitrogens is 1. The summed E-state index contributed by atoms with van der Waals surface area (Å²) in [5.41, 5.74) is 3.72. The van der Waals surface area contributed by atoms with E-state index in [9.17, 15) is 9.90 Å². The lowest BCUT2D eigenvalue weighted by Gasteiger charge is -2.26. The van der Waals surface area contributed by atoms with E-state index in [2.05, 4.69) is 10.1 Å². The normalized spacial score (nSPS) is 14.3. The maximum Gasteiger partial charge on any atom is 0.358 e. The van der Waals surface area contributed by atoms with E-state index in [1.807, 2.05) is 37.3 Å². The molecule has 1 fully saturated rings. The summed E-state index contributed by atoms with van der Waals surface area (Å²) in [4.78, 5) is 14.3. The molecule has 0 unspecified atom stereocenters. The van der Waals surface area contributed by atoms with E-state index < -0.39 is 5.97 Å². The van der Waals surface area contributed by atoms with E-state index in [1.54, 1.807) is 20.3 Å². The number of carbonyl (C=O) groups is 1. The summed E-state index contributed by atoms with van der Waals surface area (Å²) in [6.45, 7) is 6.12. The zero-order valence-corrected chi connectivity index (χ0v) is 19.1. The second-order valence-corrected chi connectivity index (χ2v) is 7.84. The van der Waals surface area contributed by atoms with Gasteiger partial charge in [-0.25, -0.2) is 4.79 Å². The van der Waals surface area contributed by atoms with Crippen molar-refractivity contribution in [3.8, 4) is 33.9 Å². The Kier molecular flexibility index (Phi) is 6.96. The molecular formula is C25H28N2O6. The van der Waals surface area contributed by atoms with Crippen LogP contribution in [0.1, 0.15) is 28.5 Å². The largest absolute Gasteiger partial charge is 0.496 e. The molecular weight excluding hydrogens is 424 g/mol. The number of hydrogen-bond acceptors (Lipinski definition) is 7. The average Bonchev–Trinajstić information content (AvgIpc) is 3.29. The average molecular weight is 453 g/mol. The van der Waals surface area contributed by atoms with E-state index >= 15 is 0 Å². The second kappa shape index (κ2) is 10.1. The van der Waals surface area contributed by atoms with Crippen LogP contribution in [0, 0.1) is 0 Å². The van der Waals surface area contributed by atoms with Gasteiger partial charge in [0.15, 0.2) is 11.5 Å². The number of carboxylic acids is 1. The van der Waals surface area contributed by atoms with Crippen molar-refractivity contribution in [1.82, 2.24) is 10.1 Å². The summed E-state index contributed by atoms with van der Waals surface area (Å²) in [5.74, 6) is 0.413. The van der Waals surface area contributed by atoms with Crippen LogP contribution in [0.4, 0.5) is 0 Å². The number of benzene rings is 2. The van der Waals surface area contributed by atoms with Gasteiger partial charge in [-0.1, -0.05) is 36.3 Å². The number of methoxy groups -OCH3 is 2. The molecule has 1 N–H and O–H groups in total. The highest BCUT2D eigenvalue weighted by Gasteiger charge is 2.27. The minimum atomic E-state index is -1.15. The third-order valence-corrected chi connectivity index (χ3v) is 5.88. The summed E-state index contributed by atoms with van der Waals surface area (Å²) in [7, 11) is 3.16. The van der Waals surface area contributed by atoms with E-state index in [0.717, 1.165) is 50.4 Å². The van der Waals surface area contributed by atoms with Crippen LogP contribution in [0.2, 0.25) is 0 Å². The van der Waals surface area contributed by atoms with Gasteiger partial charge in [0.25, 0.3) is 0 Å². The fourth-order valence-electron chi connectivity index (χ4n) is 4.10. The van der Waals surface area contributed by atoms with Gasteiger partial charge in [0.05, 0.1) is 38.6 Å². The minimum absolute atomic E-state index is 0.137. The fourth-order valence-corrected chi connectivity index (χ4v) is 4.10. The van der Waals surface area contributed by atoms with Gasteiger partial charge in [-0.05, 0) is 29.2 Å². The molecule has 1 aliphatic rings. The number of aromatic carboxylic acids is 1. The Labute approximate surface area is 192 Å². The first-order valence-electron chi connectivity index (χ1n) is 10.9. The summed E-state index contributed by atoms with van der Waals surface area (Å²) in [6, 6.07) is 11.5. The summed E-state index contributed by atoms with van der Waals surface area (Å²) < 4.78 is 22.1. The molecule has 0 radical (unpaired) electrons. The van der Waals surface area contributed by atoms with Gasteiger partial charge >= 0.3 is 5.97 Å². The lowest BCUT2D eigenvalue weighted by Crippen LogP contribution is -2.35. The first-order chi connectivity index (χ1) is 16.0. The molecule has 8 heteroatoms. The second-order valence-electron chi connectivity index (χ2n) is 7.84. The molecule has 0 atom stereocenters. The standard InChI is InChI=1S/C25H28N2O6/c1-4-17-13-19(21(31-3)14-20(17)30-2)24-22(23(25(28)29)26-33-24)18-7-5-16(6-8-18)15-27-9-11-32-12-10-27/h5-8,13-14H,4,9-12,15H2,1-3H3,(H,28,29). The van der Waals surface area contributed by atoms with Crippen LogP contribution in [0.15, 0.2) is 40.9 Å². The number of aryl methyl sites for hydroxylation is 1. The number of ether oxygens (including phenoxy) is 3. The van der Waals surface area contributed by atoms with Crippen molar-refractivity contribution in [2.24, 2.45) is 0 Å². The zero-order chi connectivity index (χ0) is 23.4. The minimum Gasteiger partial charge on any atom is -0.496 e. The van der Waals surface area contributed by atoms with Crippen molar-refractivity contribution >= 4 is 5.97 Å². The highest BCUT2D eigenvalue weighted by Crippen LogP contribution is 2.42. The van der Waals surface area contributed by atoms with Gasteiger partial charge < -0.3 is 23.8 Å². The summed E-state index contributed by atoms with van der Waals surface area (Å²) in [5, 5.41) is 13.6. The quantitative estimate of drug-likeness (QED) is 0.546. The smallest absolute Gasteiger partial charge is 0.358 e. The predicted molar refractivity (Wildman–Crippen MR) is 123 cm³/mol. The molecule has 1 aliphatic heterocycles. The van der Waals surface area contributed by atoms with Crippen molar-refractivity contribution < 1.29 is 28.6 Å². The maximum absolute atomic E-state index is 12.0. The lowest BCUT2D eigenvalue weighted by molar-refractivity contribution is 0.0342. The van der Waals surface area contributed by atoms with Gasteiger partial charge in [-0.15, -0.1) is 0 Å². The molecule has 3 aromatic rings. The number of morpholine rings is 1. The van der Waals surface area contributed by atoms with E-state index in [0.29, 0.717) is 33.9 Å². The molecule has 2 heterocycles. The van der Waals surface area contributed by atoms with E-state index in [4.69, 9.17) is 18.7 Å². The Morgan fingerprint density at radius 1 is 1.09 bits per heavy atom. The Morgan fingerprint density at radius 2 is 1.79 bits per heavy atom. The number of carboxylic acid groups (broad SMARTS) is 1. The van der Waals surface area contributed by atoms with Crippen LogP contribution in [-0.2, 0) is 17.7 Å². The van der Waals surface area contributed by atoms with Crippen molar-refractivity contribution in [1.29, 1.82) is 0 Å². The van der Waals surface area contributed by atoms with Crippen molar-refractivity contribution in [3.63, 3.8) is 0 Å². The van der Waals surface area contributed by atoms with Gasteiger partial charge in [-0.2, -0.15) is 0 Å². The first kappa shape index (κ1) is 22.8. The molecule has 0 bridgehead atoms. The van der Waals surface area contributed by atoms with Crippen molar-refractivity contribution in [3.05, 3.63) is 53.2 Å². The molecule has 33 heavy (non-hydrogen) atoms. The highest BCUT2D eigenvalue weighted by atomic mass is 16.5. The highest BCUT2D eigenvalue weighted by molar-refractivity contribution is 5.99. The molecule has 174 valence electrons. The molecule has 2 aromatic carbocycles. The number of hydrogen-bond donors (Lipinski definition) is 1. The van der Waals surface area contributed by atoms with Crippen molar-refractivity contribution in [2.45, 2.75) is 19.9 Å². The molecule has 0 spiro atoms. The molecule has 1 aromatic heterocycles. The molecule has 0 amide bonds. The van der Waals surface area contributed by atoms with Crippen LogP contribution >= 0.6 is 0 Å². The summed E-state index contributed by atoms with van der Waals surface area (Å²) >= 11 is 0. The monoisotopic (exact) mass is 452 g/mol. The number of nitrogens with zero attached hydrogens (tertiary/aromatic N) is 2. The van der Waals surface area contributed by atoms with Gasteiger partial charge in [0.1, 0.15) is 11.5 Å². The van der Waals surface area contributed by atoms with E-state index in [-0.39, 0.29) is 5.69 Å². The zero-order valence-electron chi connectivity index (χ0n) is 19.1. The molecule has 0 aliphatic carbocycles. The van der Waals surface area contributed by atoms with Crippen molar-refractivity contribution in [2.75, 3.05) is 40.5 Å². The Bertz CT molecular complexity index is 1120. The number of rotatable bonds is 8. The topological polar surface area (TPSA) is 94.3 Å². The SMILES string of the molecule is CCc1cc(-c2onc(C(=O)O)c2-c2ccc(CN3CCOCC3)cc2)c(OC)cc1OC. The van der Waals surface area contributed by atoms with Crippen LogP contribution in [0.5, 0.6) is 11.5 Å². The third kappa shape index (κ3) is 4.72. The lowest BCUT2D eigenvalue weighted by atomic mass is 9.96. The van der Waals surface area contributed by atoms with Gasteiger partial charge in [0.2, 0.25) is 0 Å². The molecule has 1 saturated heterocycles. The maximum atomic E-state index is 12.0. The van der Waals surface area contributed by atoms with E-state index in [1.165, 1.54) is 0 Å². The Balaban J connectivity index is 1.76. The summed E-state index contributed by atoms with van der Waals surface area (Å²) in [6.07, 6.45) is 0.728. The molecule has 4 rings (SSSR count). The molecule has 0 saturated carbocycles. The Hall–Kier alpha value is -3.36. The van der Waals surface area contributed by atoms with Gasteiger partial charge in [0, 0.05) is 25.7 Å². The fraction of sp³-hybridized carbons (Fsp3) is 0.360. The third-order valence-electron chi connectivity index (χ3n) is 5.88. The van der Waals surface area contributed by atoms with Crippen LogP contribution in [0.25, 0.3) is 22.5 Å². The predicted octanol–water partition coefficient (Wildman–Crippen LogP) is 4.12. The van der Waals surface area contributed by atoms with Gasteiger partial charge in [-0.3, -0.25) is 4.90 Å². The van der Waals surface area contributed by atoms with Crippen LogP contribution < -0.4 is 9.47 Å². The Morgan fingerprint density at radius 3 is 2.39 bits per heavy atom.